The summed E-state index contributed by atoms with van der Waals surface area (Å²) < 4.78 is 28.2. The van der Waals surface area contributed by atoms with Gasteiger partial charge in [0.15, 0.2) is 17.0 Å². The van der Waals surface area contributed by atoms with Gasteiger partial charge in [-0.15, -0.1) is 0 Å². The first-order valence-corrected chi connectivity index (χ1v) is 11.7. The van der Waals surface area contributed by atoms with Gasteiger partial charge in [0.05, 0.1) is 6.61 Å². The van der Waals surface area contributed by atoms with Crippen LogP contribution < -0.4 is 5.73 Å². The summed E-state index contributed by atoms with van der Waals surface area (Å²) in [6.45, 7) is 5.85. The Morgan fingerprint density at radius 3 is 2.70 bits per heavy atom. The van der Waals surface area contributed by atoms with Crippen LogP contribution in [-0.2, 0) is 16.0 Å². The average Bonchev–Trinajstić information content (AvgIpc) is 3.42. The van der Waals surface area contributed by atoms with Crippen molar-refractivity contribution in [1.29, 1.82) is 0 Å². The Labute approximate surface area is 204 Å². The number of imidazole rings is 1. The van der Waals surface area contributed by atoms with Crippen molar-refractivity contribution in [2.75, 3.05) is 32.2 Å². The fraction of sp³-hybridized carbons (Fsp3) is 0.409. The van der Waals surface area contributed by atoms with Crippen molar-refractivity contribution in [1.82, 2.24) is 24.4 Å². The third-order valence-electron chi connectivity index (χ3n) is 5.60. The van der Waals surface area contributed by atoms with Crippen LogP contribution in [-0.4, -0.2) is 62.1 Å². The molecule has 0 bridgehead atoms. The number of anilines is 1. The van der Waals surface area contributed by atoms with Crippen LogP contribution in [0.2, 0.25) is 0 Å². The van der Waals surface area contributed by atoms with Crippen LogP contribution in [0.25, 0.3) is 11.2 Å². The molecule has 4 rings (SSSR count). The highest BCUT2D eigenvalue weighted by atomic mass is 127. The van der Waals surface area contributed by atoms with Gasteiger partial charge in [0.2, 0.25) is 6.79 Å². The van der Waals surface area contributed by atoms with Crippen molar-refractivity contribution < 1.29 is 19.0 Å². The van der Waals surface area contributed by atoms with Crippen molar-refractivity contribution in [3.05, 3.63) is 57.3 Å². The minimum absolute atomic E-state index is 0.0207. The van der Waals surface area contributed by atoms with Crippen molar-refractivity contribution >= 4 is 39.6 Å². The average molecular weight is 568 g/mol. The SMILES string of the molecule is CC(C)N(CCO)CCn1c(C(C2=COCO2)c2ccccc2I)nc2c(N)nc(F)nc21. The lowest BCUT2D eigenvalue weighted by molar-refractivity contribution is 0.0763. The number of aliphatic hydroxyl groups excluding tert-OH is 1. The number of rotatable bonds is 9. The number of aromatic nitrogens is 4. The highest BCUT2D eigenvalue weighted by Gasteiger charge is 2.32. The normalized spacial score (nSPS) is 14.6. The molecule has 0 spiro atoms. The van der Waals surface area contributed by atoms with Crippen LogP contribution in [0.4, 0.5) is 10.2 Å². The standard InChI is InChI=1S/C22H26FIN6O3/c1-13(2)29(9-10-31)7-8-30-20(26-18-19(25)27-22(23)28-21(18)30)17(16-11-32-12-33-16)14-5-3-4-6-15(14)24/h3-6,11,13,17,31H,7-10,12H2,1-2H3,(H2,25,27,28). The predicted molar refractivity (Wildman–Crippen MR) is 130 cm³/mol. The molecular formula is C22H26FIN6O3. The predicted octanol–water partition coefficient (Wildman–Crippen LogP) is 2.83. The highest BCUT2D eigenvalue weighted by Crippen LogP contribution is 2.38. The molecule has 176 valence electrons. The Hall–Kier alpha value is -2.51. The Bertz CT molecular complexity index is 1170. The lowest BCUT2D eigenvalue weighted by Crippen LogP contribution is -2.36. The lowest BCUT2D eigenvalue weighted by atomic mass is 9.96. The van der Waals surface area contributed by atoms with Gasteiger partial charge in [0.25, 0.3) is 0 Å². The molecule has 0 fully saturated rings. The van der Waals surface area contributed by atoms with Crippen molar-refractivity contribution in [3.63, 3.8) is 0 Å². The molecule has 9 nitrogen and oxygen atoms in total. The number of benzene rings is 1. The van der Waals surface area contributed by atoms with Gasteiger partial charge in [0, 0.05) is 29.2 Å². The van der Waals surface area contributed by atoms with Crippen LogP contribution in [0.15, 0.2) is 36.3 Å². The third kappa shape index (κ3) is 4.89. The van der Waals surface area contributed by atoms with Gasteiger partial charge < -0.3 is 24.9 Å². The van der Waals surface area contributed by atoms with Gasteiger partial charge in [-0.1, -0.05) is 18.2 Å². The van der Waals surface area contributed by atoms with Gasteiger partial charge >= 0.3 is 6.08 Å². The summed E-state index contributed by atoms with van der Waals surface area (Å²) in [5.41, 5.74) is 7.65. The summed E-state index contributed by atoms with van der Waals surface area (Å²) in [5.74, 6) is 0.763. The van der Waals surface area contributed by atoms with E-state index in [0.717, 1.165) is 9.13 Å². The topological polar surface area (TPSA) is 112 Å². The molecular weight excluding hydrogens is 542 g/mol. The molecule has 11 heteroatoms. The summed E-state index contributed by atoms with van der Waals surface area (Å²) in [6.07, 6.45) is 0.675. The molecule has 0 amide bonds. The highest BCUT2D eigenvalue weighted by molar-refractivity contribution is 14.1. The van der Waals surface area contributed by atoms with E-state index in [0.29, 0.717) is 42.4 Å². The van der Waals surface area contributed by atoms with E-state index in [9.17, 15) is 9.50 Å². The van der Waals surface area contributed by atoms with E-state index >= 15 is 0 Å². The monoisotopic (exact) mass is 568 g/mol. The van der Waals surface area contributed by atoms with E-state index in [2.05, 4.69) is 51.3 Å². The molecule has 1 aliphatic heterocycles. The molecule has 3 N–H and O–H groups in total. The van der Waals surface area contributed by atoms with Crippen LogP contribution in [0.3, 0.4) is 0 Å². The molecule has 0 saturated carbocycles. The Kier molecular flexibility index (Phi) is 7.29. The maximum absolute atomic E-state index is 14.2. The molecule has 1 aromatic carbocycles. The fourth-order valence-corrected chi connectivity index (χ4v) is 4.67. The summed E-state index contributed by atoms with van der Waals surface area (Å²) in [6, 6.07) is 8.12. The zero-order chi connectivity index (χ0) is 23.5. The Balaban J connectivity index is 1.88. The molecule has 3 aromatic rings. The smallest absolute Gasteiger partial charge is 0.312 e. The number of halogens is 2. The number of nitrogens with zero attached hydrogens (tertiary/aromatic N) is 5. The summed E-state index contributed by atoms with van der Waals surface area (Å²) in [7, 11) is 0. The molecule has 1 unspecified atom stereocenters. The molecule has 0 aliphatic carbocycles. The second-order valence-corrected chi connectivity index (χ2v) is 9.09. The second kappa shape index (κ2) is 10.2. The summed E-state index contributed by atoms with van der Waals surface area (Å²) in [4.78, 5) is 14.6. The molecule has 2 aromatic heterocycles. The van der Waals surface area contributed by atoms with Gasteiger partial charge in [-0.25, -0.2) is 4.98 Å². The van der Waals surface area contributed by atoms with Crippen LogP contribution in [0, 0.1) is 9.65 Å². The van der Waals surface area contributed by atoms with Crippen LogP contribution in [0.5, 0.6) is 0 Å². The number of hydrogen-bond donors (Lipinski definition) is 2. The van der Waals surface area contributed by atoms with E-state index in [-0.39, 0.29) is 25.3 Å². The summed E-state index contributed by atoms with van der Waals surface area (Å²) >= 11 is 2.27. The van der Waals surface area contributed by atoms with E-state index in [1.807, 2.05) is 28.8 Å². The van der Waals surface area contributed by atoms with E-state index in [1.54, 1.807) is 6.26 Å². The summed E-state index contributed by atoms with van der Waals surface area (Å²) in [5, 5.41) is 9.47. The number of aliphatic hydroxyl groups is 1. The lowest BCUT2D eigenvalue weighted by Gasteiger charge is -2.27. The number of ether oxygens (including phenoxy) is 2. The minimum atomic E-state index is -0.908. The first-order valence-electron chi connectivity index (χ1n) is 10.6. The second-order valence-electron chi connectivity index (χ2n) is 7.93. The van der Waals surface area contributed by atoms with Crippen molar-refractivity contribution in [3.8, 4) is 0 Å². The van der Waals surface area contributed by atoms with Crippen LogP contribution >= 0.6 is 22.6 Å². The first kappa shape index (κ1) is 23.6. The van der Waals surface area contributed by atoms with Crippen molar-refractivity contribution in [2.45, 2.75) is 32.4 Å². The number of nitrogens with two attached hydrogens (primary N) is 1. The molecule has 33 heavy (non-hydrogen) atoms. The van der Waals surface area contributed by atoms with E-state index in [4.69, 9.17) is 20.2 Å². The first-order chi connectivity index (χ1) is 15.9. The quantitative estimate of drug-likeness (QED) is 0.300. The molecule has 0 saturated heterocycles. The van der Waals surface area contributed by atoms with Gasteiger partial charge in [0.1, 0.15) is 23.8 Å². The Morgan fingerprint density at radius 2 is 2.03 bits per heavy atom. The Morgan fingerprint density at radius 1 is 1.24 bits per heavy atom. The molecule has 1 atom stereocenters. The zero-order valence-corrected chi connectivity index (χ0v) is 20.6. The van der Waals surface area contributed by atoms with Crippen LogP contribution in [0.1, 0.15) is 31.2 Å². The number of nitrogen functional groups attached to an aromatic ring is 1. The van der Waals surface area contributed by atoms with Gasteiger partial charge in [-0.05, 0) is 48.1 Å². The maximum atomic E-state index is 14.2. The maximum Gasteiger partial charge on any atom is 0.312 e. The molecule has 0 radical (unpaired) electrons. The van der Waals surface area contributed by atoms with Gasteiger partial charge in [-0.3, -0.25) is 4.90 Å². The van der Waals surface area contributed by atoms with Gasteiger partial charge in [-0.2, -0.15) is 14.4 Å². The largest absolute Gasteiger partial charge is 0.462 e. The number of hydrogen-bond acceptors (Lipinski definition) is 8. The minimum Gasteiger partial charge on any atom is -0.462 e. The van der Waals surface area contributed by atoms with E-state index < -0.39 is 12.0 Å². The third-order valence-corrected chi connectivity index (χ3v) is 6.59. The number of fused-ring (bicyclic) bond motifs is 1. The number of allylic oxidation sites excluding steroid dienone is 1. The van der Waals surface area contributed by atoms with E-state index in [1.165, 1.54) is 0 Å². The molecule has 1 aliphatic rings. The van der Waals surface area contributed by atoms with Crippen molar-refractivity contribution in [2.24, 2.45) is 0 Å². The zero-order valence-electron chi connectivity index (χ0n) is 18.4. The fourth-order valence-electron chi connectivity index (χ4n) is 3.97. The molecule has 3 heterocycles.